The number of hydrogen-bond acceptors (Lipinski definition) is 5. The predicted octanol–water partition coefficient (Wildman–Crippen LogP) is 0.622. The molecule has 2 atom stereocenters. The number of hydrogen-bond donors (Lipinski definition) is 2. The zero-order chi connectivity index (χ0) is 14.1. The average Bonchev–Trinajstić information content (AvgIpc) is 2.36. The number of rotatable bonds is 8. The molecule has 1 heterocycles. The Hall–Kier alpha value is -0.650. The monoisotopic (exact) mass is 272 g/mol. The summed E-state index contributed by atoms with van der Waals surface area (Å²) in [4.78, 5) is 13.7. The van der Waals surface area contributed by atoms with Crippen LogP contribution in [0.1, 0.15) is 33.1 Å². The zero-order valence-corrected chi connectivity index (χ0v) is 12.2. The summed E-state index contributed by atoms with van der Waals surface area (Å²) >= 11 is 0. The molecule has 0 spiro atoms. The smallest absolute Gasteiger partial charge is 0.320 e. The Morgan fingerprint density at radius 3 is 2.84 bits per heavy atom. The van der Waals surface area contributed by atoms with Crippen molar-refractivity contribution in [1.29, 1.82) is 0 Å². The number of esters is 1. The number of nitrogens with one attached hydrogen (secondary N) is 1. The van der Waals surface area contributed by atoms with Crippen LogP contribution in [0.3, 0.4) is 0 Å². The number of likely N-dealkylation sites (tertiary alicyclic amines) is 1. The van der Waals surface area contributed by atoms with Gasteiger partial charge in [-0.15, -0.1) is 0 Å². The molecule has 2 N–H and O–H groups in total. The quantitative estimate of drug-likeness (QED) is 0.634. The van der Waals surface area contributed by atoms with Crippen LogP contribution in [0.25, 0.3) is 0 Å². The summed E-state index contributed by atoms with van der Waals surface area (Å²) in [5.41, 5.74) is 0. The maximum Gasteiger partial charge on any atom is 0.320 e. The van der Waals surface area contributed by atoms with Gasteiger partial charge in [0.25, 0.3) is 0 Å². The third-order valence-corrected chi connectivity index (χ3v) is 3.51. The molecule has 1 aliphatic rings. The average molecular weight is 272 g/mol. The van der Waals surface area contributed by atoms with Gasteiger partial charge in [0.05, 0.1) is 19.8 Å². The first-order valence-electron chi connectivity index (χ1n) is 7.41. The fourth-order valence-electron chi connectivity index (χ4n) is 2.86. The lowest BCUT2D eigenvalue weighted by Gasteiger charge is -2.37. The van der Waals surface area contributed by atoms with Crippen LogP contribution in [-0.2, 0) is 9.53 Å². The van der Waals surface area contributed by atoms with Gasteiger partial charge in [-0.1, -0.05) is 13.3 Å². The molecule has 1 aliphatic heterocycles. The maximum atomic E-state index is 11.6. The minimum absolute atomic E-state index is 0.138. The van der Waals surface area contributed by atoms with E-state index in [0.29, 0.717) is 31.7 Å². The molecule has 19 heavy (non-hydrogen) atoms. The number of ether oxygens (including phenoxy) is 1. The highest BCUT2D eigenvalue weighted by Crippen LogP contribution is 2.21. The van der Waals surface area contributed by atoms with Gasteiger partial charge in [0.1, 0.15) is 0 Å². The highest BCUT2D eigenvalue weighted by atomic mass is 16.5. The summed E-state index contributed by atoms with van der Waals surface area (Å²) in [7, 11) is 0. The summed E-state index contributed by atoms with van der Waals surface area (Å²) in [6.45, 7) is 7.47. The van der Waals surface area contributed by atoms with Crippen LogP contribution in [0.15, 0.2) is 0 Å². The first kappa shape index (κ1) is 16.4. The third-order valence-electron chi connectivity index (χ3n) is 3.51. The van der Waals surface area contributed by atoms with Crippen LogP contribution < -0.4 is 5.32 Å². The molecule has 0 aromatic rings. The van der Waals surface area contributed by atoms with Crippen molar-refractivity contribution in [2.45, 2.75) is 39.2 Å². The van der Waals surface area contributed by atoms with Crippen molar-refractivity contribution >= 4 is 5.97 Å². The second kappa shape index (κ2) is 9.28. The maximum absolute atomic E-state index is 11.6. The molecular weight excluding hydrogens is 244 g/mol. The Morgan fingerprint density at radius 2 is 2.21 bits per heavy atom. The van der Waals surface area contributed by atoms with Gasteiger partial charge in [-0.3, -0.25) is 9.69 Å². The highest BCUT2D eigenvalue weighted by molar-refractivity contribution is 5.71. The van der Waals surface area contributed by atoms with Gasteiger partial charge in [-0.05, 0) is 25.7 Å². The second-order valence-electron chi connectivity index (χ2n) is 5.26. The third kappa shape index (κ3) is 6.36. The van der Waals surface area contributed by atoms with Crippen LogP contribution in [0, 0.1) is 5.92 Å². The normalized spacial score (nSPS) is 24.4. The summed E-state index contributed by atoms with van der Waals surface area (Å²) < 4.78 is 5.02. The van der Waals surface area contributed by atoms with E-state index >= 15 is 0 Å². The van der Waals surface area contributed by atoms with Gasteiger partial charge in [-0.2, -0.15) is 0 Å². The fourth-order valence-corrected chi connectivity index (χ4v) is 2.86. The van der Waals surface area contributed by atoms with E-state index in [1.807, 2.05) is 6.92 Å². The molecule has 2 unspecified atom stereocenters. The van der Waals surface area contributed by atoms with Crippen LogP contribution >= 0.6 is 0 Å². The minimum Gasteiger partial charge on any atom is -0.465 e. The Kier molecular flexibility index (Phi) is 8.02. The molecular formula is C14H28N2O3. The minimum atomic E-state index is -0.138. The van der Waals surface area contributed by atoms with E-state index < -0.39 is 0 Å². The first-order valence-corrected chi connectivity index (χ1v) is 7.41. The van der Waals surface area contributed by atoms with Gasteiger partial charge in [0.2, 0.25) is 0 Å². The van der Waals surface area contributed by atoms with E-state index in [1.165, 1.54) is 12.8 Å². The van der Waals surface area contributed by atoms with Gasteiger partial charge >= 0.3 is 5.97 Å². The van der Waals surface area contributed by atoms with Gasteiger partial charge in [0.15, 0.2) is 0 Å². The molecule has 5 nitrogen and oxygen atoms in total. The van der Waals surface area contributed by atoms with Gasteiger partial charge in [0, 0.05) is 25.7 Å². The summed E-state index contributed by atoms with van der Waals surface area (Å²) in [5, 5.41) is 12.2. The van der Waals surface area contributed by atoms with Crippen LogP contribution in [0.5, 0.6) is 0 Å². The zero-order valence-electron chi connectivity index (χ0n) is 12.2. The molecule has 0 saturated carbocycles. The number of carbonyl (C=O) groups is 1. The SMILES string of the molecule is CCCC1CC(NCCO)CN(CC(=O)OCC)C1. The second-order valence-corrected chi connectivity index (χ2v) is 5.26. The van der Waals surface area contributed by atoms with Crippen molar-refractivity contribution in [1.82, 2.24) is 10.2 Å². The van der Waals surface area contributed by atoms with Crippen molar-refractivity contribution in [3.8, 4) is 0 Å². The van der Waals surface area contributed by atoms with Crippen molar-refractivity contribution in [3.05, 3.63) is 0 Å². The molecule has 0 aromatic carbocycles. The lowest BCUT2D eigenvalue weighted by molar-refractivity contribution is -0.145. The molecule has 0 aromatic heterocycles. The van der Waals surface area contributed by atoms with Crippen molar-refractivity contribution in [2.24, 2.45) is 5.92 Å². The molecule has 0 aliphatic carbocycles. The summed E-state index contributed by atoms with van der Waals surface area (Å²) in [6, 6.07) is 0.367. The van der Waals surface area contributed by atoms with E-state index in [4.69, 9.17) is 9.84 Å². The molecule has 0 amide bonds. The van der Waals surface area contributed by atoms with E-state index in [-0.39, 0.29) is 12.6 Å². The molecule has 112 valence electrons. The van der Waals surface area contributed by atoms with Crippen molar-refractivity contribution in [2.75, 3.05) is 39.4 Å². The Morgan fingerprint density at radius 1 is 1.42 bits per heavy atom. The van der Waals surface area contributed by atoms with Gasteiger partial charge in [-0.25, -0.2) is 0 Å². The molecule has 5 heteroatoms. The predicted molar refractivity (Wildman–Crippen MR) is 75.0 cm³/mol. The van der Waals surface area contributed by atoms with E-state index in [2.05, 4.69) is 17.1 Å². The number of piperidine rings is 1. The number of carbonyl (C=O) groups excluding carboxylic acids is 1. The molecule has 1 saturated heterocycles. The number of aliphatic hydroxyl groups is 1. The van der Waals surface area contributed by atoms with Crippen LogP contribution in [-0.4, -0.2) is 61.4 Å². The first-order chi connectivity index (χ1) is 9.19. The number of nitrogens with zero attached hydrogens (tertiary/aromatic N) is 1. The van der Waals surface area contributed by atoms with Crippen LogP contribution in [0.2, 0.25) is 0 Å². The highest BCUT2D eigenvalue weighted by Gasteiger charge is 2.27. The van der Waals surface area contributed by atoms with Gasteiger partial charge < -0.3 is 15.2 Å². The largest absolute Gasteiger partial charge is 0.465 e. The molecule has 0 bridgehead atoms. The molecule has 1 rings (SSSR count). The topological polar surface area (TPSA) is 61.8 Å². The Bertz CT molecular complexity index is 261. The standard InChI is InChI=1S/C14H28N2O3/c1-3-5-12-8-13(15-6-7-17)10-16(9-12)11-14(18)19-4-2/h12-13,15,17H,3-11H2,1-2H3. The summed E-state index contributed by atoms with van der Waals surface area (Å²) in [6.07, 6.45) is 3.49. The summed E-state index contributed by atoms with van der Waals surface area (Å²) in [5.74, 6) is 0.491. The van der Waals surface area contributed by atoms with E-state index in [0.717, 1.165) is 19.5 Å². The Balaban J connectivity index is 2.46. The lowest BCUT2D eigenvalue weighted by atomic mass is 9.90. The lowest BCUT2D eigenvalue weighted by Crippen LogP contribution is -2.51. The fraction of sp³-hybridized carbons (Fsp3) is 0.929. The Labute approximate surface area is 116 Å². The van der Waals surface area contributed by atoms with E-state index in [9.17, 15) is 4.79 Å². The van der Waals surface area contributed by atoms with Crippen LogP contribution in [0.4, 0.5) is 0 Å². The molecule has 0 radical (unpaired) electrons. The van der Waals surface area contributed by atoms with Crippen molar-refractivity contribution in [3.63, 3.8) is 0 Å². The van der Waals surface area contributed by atoms with E-state index in [1.54, 1.807) is 0 Å². The van der Waals surface area contributed by atoms with Crippen molar-refractivity contribution < 1.29 is 14.6 Å². The number of aliphatic hydroxyl groups excluding tert-OH is 1. The molecule has 1 fully saturated rings.